The Labute approximate surface area is 196 Å². The number of fused-ring (bicyclic) bond motifs is 1. The van der Waals surface area contributed by atoms with Crippen LogP contribution in [0.2, 0.25) is 0 Å². The SMILES string of the molecule is COC(=O)c1cccc(Oc2ccc3c(c2)c(=O)ncn3Cc2ccc(C)cc2F)c1C(F)(F)F. The molecule has 0 N–H and O–H groups in total. The summed E-state index contributed by atoms with van der Waals surface area (Å²) in [5.41, 5.74) is -1.13. The van der Waals surface area contributed by atoms with Gasteiger partial charge >= 0.3 is 12.1 Å². The Balaban J connectivity index is 1.76. The van der Waals surface area contributed by atoms with Crippen LogP contribution in [0, 0.1) is 12.7 Å². The van der Waals surface area contributed by atoms with Crippen molar-refractivity contribution in [3.8, 4) is 11.5 Å². The molecule has 6 nitrogen and oxygen atoms in total. The normalized spacial score (nSPS) is 11.5. The number of aromatic nitrogens is 2. The van der Waals surface area contributed by atoms with E-state index in [9.17, 15) is 27.2 Å². The molecule has 180 valence electrons. The van der Waals surface area contributed by atoms with Gasteiger partial charge in [-0.15, -0.1) is 0 Å². The zero-order chi connectivity index (χ0) is 25.3. The van der Waals surface area contributed by atoms with Crippen molar-refractivity contribution >= 4 is 16.9 Å². The van der Waals surface area contributed by atoms with Crippen molar-refractivity contribution in [1.29, 1.82) is 0 Å². The van der Waals surface area contributed by atoms with Gasteiger partial charge < -0.3 is 14.0 Å². The fourth-order valence-corrected chi connectivity index (χ4v) is 3.66. The fourth-order valence-electron chi connectivity index (χ4n) is 3.66. The second-order valence-corrected chi connectivity index (χ2v) is 7.72. The molecule has 35 heavy (non-hydrogen) atoms. The third-order valence-electron chi connectivity index (χ3n) is 5.31. The van der Waals surface area contributed by atoms with Gasteiger partial charge in [-0.3, -0.25) is 4.79 Å². The second kappa shape index (κ2) is 9.21. The average Bonchev–Trinajstić information content (AvgIpc) is 2.81. The number of rotatable bonds is 5. The summed E-state index contributed by atoms with van der Waals surface area (Å²) in [7, 11) is 0.972. The van der Waals surface area contributed by atoms with Crippen molar-refractivity contribution in [2.24, 2.45) is 0 Å². The summed E-state index contributed by atoms with van der Waals surface area (Å²) in [6, 6.07) is 12.1. The summed E-state index contributed by atoms with van der Waals surface area (Å²) in [6.45, 7) is 1.84. The molecule has 0 fully saturated rings. The van der Waals surface area contributed by atoms with Gasteiger partial charge in [0.15, 0.2) is 0 Å². The lowest BCUT2D eigenvalue weighted by Crippen LogP contribution is -2.16. The van der Waals surface area contributed by atoms with Crippen molar-refractivity contribution in [2.45, 2.75) is 19.6 Å². The molecular formula is C25H18F4N2O4. The molecule has 0 atom stereocenters. The summed E-state index contributed by atoms with van der Waals surface area (Å²) in [5, 5.41) is 0.0650. The van der Waals surface area contributed by atoms with E-state index in [1.54, 1.807) is 23.6 Å². The van der Waals surface area contributed by atoms with Gasteiger partial charge in [-0.05, 0) is 48.9 Å². The molecule has 3 aromatic carbocycles. The van der Waals surface area contributed by atoms with Crippen LogP contribution in [-0.2, 0) is 17.5 Å². The van der Waals surface area contributed by atoms with E-state index in [-0.39, 0.29) is 17.7 Å². The van der Waals surface area contributed by atoms with Crippen LogP contribution in [0.3, 0.4) is 0 Å². The number of carbonyl (C=O) groups excluding carboxylic acids is 1. The minimum atomic E-state index is -4.91. The van der Waals surface area contributed by atoms with E-state index in [4.69, 9.17) is 4.74 Å². The zero-order valence-corrected chi connectivity index (χ0v) is 18.5. The number of halogens is 4. The number of hydrogen-bond acceptors (Lipinski definition) is 5. The lowest BCUT2D eigenvalue weighted by Gasteiger charge is -2.17. The van der Waals surface area contributed by atoms with Gasteiger partial charge in [0, 0.05) is 5.56 Å². The van der Waals surface area contributed by atoms with Crippen LogP contribution in [0.25, 0.3) is 10.9 Å². The van der Waals surface area contributed by atoms with Crippen LogP contribution < -0.4 is 10.3 Å². The van der Waals surface area contributed by atoms with Crippen LogP contribution in [0.1, 0.15) is 27.0 Å². The quantitative estimate of drug-likeness (QED) is 0.276. The highest BCUT2D eigenvalue weighted by Gasteiger charge is 2.39. The molecule has 0 aliphatic carbocycles. The number of ether oxygens (including phenoxy) is 2. The predicted molar refractivity (Wildman–Crippen MR) is 119 cm³/mol. The van der Waals surface area contributed by atoms with Crippen LogP contribution >= 0.6 is 0 Å². The molecular weight excluding hydrogens is 468 g/mol. The molecule has 0 saturated heterocycles. The molecule has 0 unspecified atom stereocenters. The Bertz CT molecular complexity index is 1500. The molecule has 0 amide bonds. The van der Waals surface area contributed by atoms with Crippen molar-refractivity contribution in [2.75, 3.05) is 7.11 Å². The maximum Gasteiger partial charge on any atom is 0.420 e. The van der Waals surface area contributed by atoms with E-state index < -0.39 is 40.4 Å². The highest BCUT2D eigenvalue weighted by atomic mass is 19.4. The largest absolute Gasteiger partial charge is 0.465 e. The molecule has 4 aromatic rings. The Morgan fingerprint density at radius 3 is 2.54 bits per heavy atom. The number of hydrogen-bond donors (Lipinski definition) is 0. The van der Waals surface area contributed by atoms with E-state index in [0.29, 0.717) is 11.1 Å². The van der Waals surface area contributed by atoms with Crippen molar-refractivity contribution < 1.29 is 31.8 Å². The molecule has 0 bridgehead atoms. The standard InChI is InChI=1S/C25H18F4N2O4/c1-14-6-7-15(19(26)10-14)12-31-13-30-23(32)18-11-16(8-9-20(18)31)35-21-5-3-4-17(24(33)34-2)22(21)25(27,28)29/h3-11,13H,12H2,1-2H3. The highest BCUT2D eigenvalue weighted by molar-refractivity contribution is 5.92. The topological polar surface area (TPSA) is 70.4 Å². The Hall–Kier alpha value is -4.21. The van der Waals surface area contributed by atoms with Gasteiger partial charge in [-0.25, -0.2) is 9.18 Å². The first-order valence-electron chi connectivity index (χ1n) is 10.3. The molecule has 0 spiro atoms. The molecule has 0 saturated carbocycles. The predicted octanol–water partition coefficient (Wildman–Crippen LogP) is 5.49. The molecule has 10 heteroatoms. The van der Waals surface area contributed by atoms with Crippen molar-refractivity contribution in [1.82, 2.24) is 9.55 Å². The Morgan fingerprint density at radius 2 is 1.86 bits per heavy atom. The van der Waals surface area contributed by atoms with Crippen LogP contribution in [0.4, 0.5) is 17.6 Å². The Kier molecular flexibility index (Phi) is 6.29. The van der Waals surface area contributed by atoms with Gasteiger partial charge in [0.1, 0.15) is 22.9 Å². The second-order valence-electron chi connectivity index (χ2n) is 7.72. The smallest absolute Gasteiger partial charge is 0.420 e. The fraction of sp³-hybridized carbons (Fsp3) is 0.160. The van der Waals surface area contributed by atoms with E-state index in [2.05, 4.69) is 9.72 Å². The molecule has 4 rings (SSSR count). The minimum absolute atomic E-state index is 0.0650. The van der Waals surface area contributed by atoms with E-state index in [1.165, 1.54) is 36.7 Å². The molecule has 1 heterocycles. The monoisotopic (exact) mass is 486 g/mol. The molecule has 0 aliphatic heterocycles. The van der Waals surface area contributed by atoms with Gasteiger partial charge in [-0.2, -0.15) is 18.2 Å². The molecule has 0 radical (unpaired) electrons. The van der Waals surface area contributed by atoms with Gasteiger partial charge in [0.05, 0.1) is 36.4 Å². The van der Waals surface area contributed by atoms with Crippen molar-refractivity contribution in [3.63, 3.8) is 0 Å². The first-order chi connectivity index (χ1) is 16.6. The van der Waals surface area contributed by atoms with E-state index in [1.807, 2.05) is 0 Å². The number of aryl methyl sites for hydroxylation is 1. The van der Waals surface area contributed by atoms with Crippen molar-refractivity contribution in [3.05, 3.63) is 99.3 Å². The highest BCUT2D eigenvalue weighted by Crippen LogP contribution is 2.41. The van der Waals surface area contributed by atoms with Gasteiger partial charge in [-0.1, -0.05) is 18.2 Å². The summed E-state index contributed by atoms with van der Waals surface area (Å²) in [4.78, 5) is 28.1. The average molecular weight is 486 g/mol. The van der Waals surface area contributed by atoms with Gasteiger partial charge in [0.25, 0.3) is 5.56 Å². The summed E-state index contributed by atoms with van der Waals surface area (Å²) >= 11 is 0. The summed E-state index contributed by atoms with van der Waals surface area (Å²) in [6.07, 6.45) is -3.64. The summed E-state index contributed by atoms with van der Waals surface area (Å²) < 4.78 is 67.1. The maximum absolute atomic E-state index is 14.3. The van der Waals surface area contributed by atoms with Crippen LogP contribution in [0.5, 0.6) is 11.5 Å². The number of alkyl halides is 3. The first-order valence-corrected chi connectivity index (χ1v) is 10.3. The third-order valence-corrected chi connectivity index (χ3v) is 5.31. The van der Waals surface area contributed by atoms with Gasteiger partial charge in [0.2, 0.25) is 0 Å². The first kappa shape index (κ1) is 23.9. The third kappa shape index (κ3) is 4.86. The molecule has 1 aromatic heterocycles. The number of methoxy groups -OCH3 is 1. The van der Waals surface area contributed by atoms with E-state index >= 15 is 0 Å². The minimum Gasteiger partial charge on any atom is -0.465 e. The Morgan fingerprint density at radius 1 is 1.09 bits per heavy atom. The number of nitrogens with zero attached hydrogens (tertiary/aromatic N) is 2. The maximum atomic E-state index is 14.3. The number of benzene rings is 3. The van der Waals surface area contributed by atoms with Crippen LogP contribution in [0.15, 0.2) is 65.7 Å². The zero-order valence-electron chi connectivity index (χ0n) is 18.5. The number of carbonyl (C=O) groups is 1. The lowest BCUT2D eigenvalue weighted by atomic mass is 10.1. The molecule has 0 aliphatic rings. The number of esters is 1. The van der Waals surface area contributed by atoms with E-state index in [0.717, 1.165) is 24.8 Å². The van der Waals surface area contributed by atoms with Crippen LogP contribution in [-0.4, -0.2) is 22.6 Å². The summed E-state index contributed by atoms with van der Waals surface area (Å²) in [5.74, 6) is -2.30. The lowest BCUT2D eigenvalue weighted by molar-refractivity contribution is -0.139.